The van der Waals surface area contributed by atoms with Crippen molar-refractivity contribution in [1.29, 1.82) is 0 Å². The van der Waals surface area contributed by atoms with Gasteiger partial charge in [-0.05, 0) is 62.3 Å². The first-order valence-corrected chi connectivity index (χ1v) is 16.0. The molecule has 196 valence electrons. The monoisotopic (exact) mass is 557 g/mol. The number of nitrogens with zero attached hydrogens (tertiary/aromatic N) is 2. The third-order valence-corrected chi connectivity index (χ3v) is 9.33. The van der Waals surface area contributed by atoms with E-state index in [0.29, 0.717) is 23.5 Å². The summed E-state index contributed by atoms with van der Waals surface area (Å²) in [6.07, 6.45) is 7.31. The van der Waals surface area contributed by atoms with E-state index in [1.807, 2.05) is 42.9 Å². The summed E-state index contributed by atoms with van der Waals surface area (Å²) in [6.45, 7) is 2.54. The molecule has 1 atom stereocenters. The predicted molar refractivity (Wildman–Crippen MR) is 152 cm³/mol. The van der Waals surface area contributed by atoms with Gasteiger partial charge in [-0.1, -0.05) is 35.9 Å². The Morgan fingerprint density at radius 3 is 2.70 bits per heavy atom. The molecular weight excluding hydrogens is 526 g/mol. The average molecular weight is 558 g/mol. The molecule has 5 rings (SSSR count). The summed E-state index contributed by atoms with van der Waals surface area (Å²) < 4.78 is 31.1. The van der Waals surface area contributed by atoms with Crippen molar-refractivity contribution in [2.45, 2.75) is 50.7 Å². The molecule has 0 amide bonds. The molecule has 6 nitrogen and oxygen atoms in total. The van der Waals surface area contributed by atoms with Crippen molar-refractivity contribution < 1.29 is 13.2 Å². The van der Waals surface area contributed by atoms with E-state index in [0.717, 1.165) is 53.0 Å². The van der Waals surface area contributed by atoms with Gasteiger partial charge in [-0.2, -0.15) is 0 Å². The first-order valence-electron chi connectivity index (χ1n) is 12.6. The summed E-state index contributed by atoms with van der Waals surface area (Å²) >= 11 is 7.98. The van der Waals surface area contributed by atoms with Gasteiger partial charge >= 0.3 is 0 Å². The van der Waals surface area contributed by atoms with Crippen molar-refractivity contribution in [3.8, 4) is 10.8 Å². The van der Waals surface area contributed by atoms with Gasteiger partial charge in [0.15, 0.2) is 0 Å². The minimum absolute atomic E-state index is 0.154. The van der Waals surface area contributed by atoms with Crippen LogP contribution in [0.5, 0.6) is 5.75 Å². The third-order valence-electron chi connectivity index (χ3n) is 7.13. The number of hydrogen-bond donors (Lipinski definition) is 1. The highest BCUT2D eigenvalue weighted by Crippen LogP contribution is 2.36. The van der Waals surface area contributed by atoms with Crippen LogP contribution in [0.15, 0.2) is 60.2 Å². The van der Waals surface area contributed by atoms with Crippen LogP contribution in [0.1, 0.15) is 55.8 Å². The van der Waals surface area contributed by atoms with Crippen LogP contribution >= 0.6 is 22.9 Å². The van der Waals surface area contributed by atoms with E-state index in [4.69, 9.17) is 16.3 Å². The molecule has 1 aliphatic rings. The van der Waals surface area contributed by atoms with Crippen LogP contribution in [-0.4, -0.2) is 42.6 Å². The lowest BCUT2D eigenvalue weighted by Crippen LogP contribution is -2.35. The highest BCUT2D eigenvalue weighted by atomic mass is 35.5. The largest absolute Gasteiger partial charge is 0.485 e. The number of halogens is 1. The van der Waals surface area contributed by atoms with Gasteiger partial charge in [0.2, 0.25) is 0 Å². The number of nitrogens with one attached hydrogen (secondary N) is 1. The summed E-state index contributed by atoms with van der Waals surface area (Å²) in [6, 6.07) is 16.8. The van der Waals surface area contributed by atoms with Gasteiger partial charge in [0.1, 0.15) is 33.0 Å². The molecule has 2 aromatic heterocycles. The number of fused-ring (bicyclic) bond motifs is 1. The van der Waals surface area contributed by atoms with E-state index < -0.39 is 9.84 Å². The number of sulfone groups is 1. The second kappa shape index (κ2) is 11.2. The molecule has 2 aromatic carbocycles. The van der Waals surface area contributed by atoms with Gasteiger partial charge in [0.05, 0.1) is 16.8 Å². The summed E-state index contributed by atoms with van der Waals surface area (Å²) in [5.41, 5.74) is 4.37. The molecule has 1 saturated carbocycles. The van der Waals surface area contributed by atoms with Gasteiger partial charge in [0, 0.05) is 40.9 Å². The summed E-state index contributed by atoms with van der Waals surface area (Å²) in [5.74, 6) is 1.51. The maximum Gasteiger partial charge on any atom is 0.148 e. The SMILES string of the molecule is C[C@@H](Oc1csc(-n2cnc3ccc([C@H]4CC[C@H](NCCS(C)(=O)=O)CC4)cc32)c1)c1ccccc1Cl. The van der Waals surface area contributed by atoms with Crippen LogP contribution in [0.3, 0.4) is 0 Å². The molecule has 0 radical (unpaired) electrons. The van der Waals surface area contributed by atoms with E-state index in [1.54, 1.807) is 11.3 Å². The zero-order valence-electron chi connectivity index (χ0n) is 21.1. The molecule has 1 aliphatic carbocycles. The molecule has 9 heteroatoms. The average Bonchev–Trinajstić information content (AvgIpc) is 3.50. The van der Waals surface area contributed by atoms with E-state index in [2.05, 4.69) is 39.1 Å². The number of benzene rings is 2. The highest BCUT2D eigenvalue weighted by Gasteiger charge is 2.23. The number of imidazole rings is 1. The summed E-state index contributed by atoms with van der Waals surface area (Å²) in [5, 5.41) is 7.21. The standard InChI is InChI=1S/C28H32ClN3O3S2/c1-19(24-5-3-4-6-25(24)29)35-23-16-28(36-17-23)32-18-31-26-12-9-21(15-27(26)32)20-7-10-22(11-8-20)30-13-14-37(2,33)34/h3-6,9,12,15-20,22,30H,7-8,10-11,13-14H2,1-2H3/t19-,20-,22-/m1/s1. The Morgan fingerprint density at radius 1 is 1.16 bits per heavy atom. The third kappa shape index (κ3) is 6.37. The highest BCUT2D eigenvalue weighted by molar-refractivity contribution is 7.90. The van der Waals surface area contributed by atoms with Crippen molar-refractivity contribution in [2.24, 2.45) is 0 Å². The Hall–Kier alpha value is -2.39. The van der Waals surface area contributed by atoms with E-state index in [1.165, 1.54) is 11.8 Å². The number of ether oxygens (including phenoxy) is 1. The molecule has 1 fully saturated rings. The second-order valence-electron chi connectivity index (χ2n) is 9.90. The van der Waals surface area contributed by atoms with E-state index in [-0.39, 0.29) is 11.9 Å². The van der Waals surface area contributed by atoms with Crippen molar-refractivity contribution in [3.05, 3.63) is 76.4 Å². The number of aromatic nitrogens is 2. The quantitative estimate of drug-likeness (QED) is 0.253. The molecule has 0 spiro atoms. The Kier molecular flexibility index (Phi) is 7.91. The van der Waals surface area contributed by atoms with Crippen LogP contribution in [0.2, 0.25) is 5.02 Å². The van der Waals surface area contributed by atoms with Crippen molar-refractivity contribution in [1.82, 2.24) is 14.9 Å². The minimum Gasteiger partial charge on any atom is -0.485 e. The molecule has 0 saturated heterocycles. The smallest absolute Gasteiger partial charge is 0.148 e. The molecule has 0 unspecified atom stereocenters. The van der Waals surface area contributed by atoms with E-state index in [9.17, 15) is 8.42 Å². The molecule has 1 N–H and O–H groups in total. The van der Waals surface area contributed by atoms with Crippen LogP contribution in [0.4, 0.5) is 0 Å². The van der Waals surface area contributed by atoms with Crippen LogP contribution in [-0.2, 0) is 9.84 Å². The number of rotatable bonds is 9. The fraction of sp³-hybridized carbons (Fsp3) is 0.393. The lowest BCUT2D eigenvalue weighted by Gasteiger charge is -2.29. The van der Waals surface area contributed by atoms with E-state index >= 15 is 0 Å². The zero-order valence-corrected chi connectivity index (χ0v) is 23.5. The minimum atomic E-state index is -2.92. The number of hydrogen-bond acceptors (Lipinski definition) is 6. The van der Waals surface area contributed by atoms with Gasteiger partial charge < -0.3 is 10.1 Å². The van der Waals surface area contributed by atoms with Crippen LogP contribution < -0.4 is 10.1 Å². The Bertz CT molecular complexity index is 1470. The van der Waals surface area contributed by atoms with Crippen molar-refractivity contribution in [3.63, 3.8) is 0 Å². The number of thiophene rings is 1. The van der Waals surface area contributed by atoms with Gasteiger partial charge in [-0.25, -0.2) is 13.4 Å². The Labute approximate surface area is 227 Å². The summed E-state index contributed by atoms with van der Waals surface area (Å²) in [4.78, 5) is 4.63. The maximum atomic E-state index is 11.4. The molecule has 0 bridgehead atoms. The van der Waals surface area contributed by atoms with Crippen LogP contribution in [0, 0.1) is 0 Å². The molecule has 0 aliphatic heterocycles. The van der Waals surface area contributed by atoms with Crippen molar-refractivity contribution in [2.75, 3.05) is 18.6 Å². The fourth-order valence-electron chi connectivity index (χ4n) is 5.10. The van der Waals surface area contributed by atoms with Gasteiger partial charge in [0.25, 0.3) is 0 Å². The molecule has 37 heavy (non-hydrogen) atoms. The molecular formula is C28H32ClN3O3S2. The Balaban J connectivity index is 1.26. The molecule has 2 heterocycles. The lowest BCUT2D eigenvalue weighted by molar-refractivity contribution is 0.228. The Morgan fingerprint density at radius 2 is 1.95 bits per heavy atom. The first kappa shape index (κ1) is 26.2. The zero-order chi connectivity index (χ0) is 26.0. The predicted octanol–water partition coefficient (Wildman–Crippen LogP) is 6.54. The van der Waals surface area contributed by atoms with Crippen molar-refractivity contribution >= 4 is 43.8 Å². The van der Waals surface area contributed by atoms with Crippen LogP contribution in [0.25, 0.3) is 16.0 Å². The van der Waals surface area contributed by atoms with Gasteiger partial charge in [-0.3, -0.25) is 4.57 Å². The first-order chi connectivity index (χ1) is 17.8. The molecule has 4 aromatic rings. The normalized spacial score (nSPS) is 19.2. The van der Waals surface area contributed by atoms with Gasteiger partial charge in [-0.15, -0.1) is 11.3 Å². The summed E-state index contributed by atoms with van der Waals surface area (Å²) in [7, 11) is -2.92. The second-order valence-corrected chi connectivity index (χ2v) is 13.5. The fourth-order valence-corrected chi connectivity index (χ4v) is 6.68. The topological polar surface area (TPSA) is 73.2 Å². The maximum absolute atomic E-state index is 11.4. The lowest BCUT2D eigenvalue weighted by atomic mass is 9.81.